The predicted octanol–water partition coefficient (Wildman–Crippen LogP) is 1.91. The van der Waals surface area contributed by atoms with Crippen LogP contribution in [-0.2, 0) is 0 Å². The second-order valence-corrected chi connectivity index (χ2v) is 3.97. The van der Waals surface area contributed by atoms with Crippen molar-refractivity contribution in [3.63, 3.8) is 0 Å². The van der Waals surface area contributed by atoms with Gasteiger partial charge in [0.1, 0.15) is 5.75 Å². The van der Waals surface area contributed by atoms with Gasteiger partial charge in [0, 0.05) is 12.1 Å². The van der Waals surface area contributed by atoms with Crippen LogP contribution in [0.1, 0.15) is 17.3 Å². The summed E-state index contributed by atoms with van der Waals surface area (Å²) in [5.41, 5.74) is 1.31. The molecule has 0 bridgehead atoms. The zero-order valence-electron chi connectivity index (χ0n) is 9.87. The number of alkyl halides is 1. The number of ketones is 1. The lowest BCUT2D eigenvalue weighted by Crippen LogP contribution is -2.21. The van der Waals surface area contributed by atoms with Crippen LogP contribution in [0.3, 0.4) is 0 Å². The summed E-state index contributed by atoms with van der Waals surface area (Å²) in [5, 5.41) is 12.3. The minimum absolute atomic E-state index is 0.0179. The molecule has 94 valence electrons. The maximum atomic E-state index is 11.2. The first-order chi connectivity index (χ1) is 8.08. The Morgan fingerprint density at radius 1 is 1.59 bits per heavy atom. The Kier molecular flexibility index (Phi) is 5.25. The molecule has 0 aliphatic carbocycles. The summed E-state index contributed by atoms with van der Waals surface area (Å²) in [6, 6.07) is 5.12. The van der Waals surface area contributed by atoms with Crippen molar-refractivity contribution in [2.24, 2.45) is 0 Å². The van der Waals surface area contributed by atoms with Crippen LogP contribution >= 0.6 is 11.6 Å². The highest BCUT2D eigenvalue weighted by Gasteiger charge is 2.08. The summed E-state index contributed by atoms with van der Waals surface area (Å²) in [4.78, 5) is 11.2. The number of halogens is 1. The number of hydrogen-bond acceptors (Lipinski definition) is 4. The predicted molar refractivity (Wildman–Crippen MR) is 68.2 cm³/mol. The molecule has 0 amide bonds. The fourth-order valence-electron chi connectivity index (χ4n) is 1.34. The third-order valence-electron chi connectivity index (χ3n) is 2.31. The second kappa shape index (κ2) is 6.47. The minimum atomic E-state index is -0.617. The van der Waals surface area contributed by atoms with Crippen LogP contribution in [0.25, 0.3) is 0 Å². The van der Waals surface area contributed by atoms with E-state index >= 15 is 0 Å². The molecule has 0 aromatic heterocycles. The summed E-state index contributed by atoms with van der Waals surface area (Å²) < 4.78 is 5.17. The fraction of sp³-hybridized carbons (Fsp3) is 0.417. The molecule has 0 saturated carbocycles. The molecular formula is C12H16ClNO3. The lowest BCUT2D eigenvalue weighted by Gasteiger charge is -2.14. The topological polar surface area (TPSA) is 58.6 Å². The van der Waals surface area contributed by atoms with E-state index < -0.39 is 6.10 Å². The molecule has 1 aromatic rings. The smallest absolute Gasteiger partial charge is 0.159 e. The van der Waals surface area contributed by atoms with Crippen LogP contribution in [0, 0.1) is 0 Å². The lowest BCUT2D eigenvalue weighted by atomic mass is 10.1. The van der Waals surface area contributed by atoms with E-state index in [9.17, 15) is 9.90 Å². The minimum Gasteiger partial charge on any atom is -0.495 e. The summed E-state index contributed by atoms with van der Waals surface area (Å²) in [7, 11) is 1.53. The monoisotopic (exact) mass is 257 g/mol. The summed E-state index contributed by atoms with van der Waals surface area (Å²) in [5.74, 6) is 0.719. The number of hydrogen-bond donors (Lipinski definition) is 2. The summed E-state index contributed by atoms with van der Waals surface area (Å²) in [6.45, 7) is 1.83. The number of rotatable bonds is 6. The van der Waals surface area contributed by atoms with Gasteiger partial charge in [0.15, 0.2) is 5.78 Å². The molecule has 1 atom stereocenters. The first-order valence-electron chi connectivity index (χ1n) is 5.25. The quantitative estimate of drug-likeness (QED) is 0.604. The molecule has 5 heteroatoms. The number of benzene rings is 1. The van der Waals surface area contributed by atoms with Crippen molar-refractivity contribution < 1.29 is 14.6 Å². The molecule has 0 heterocycles. The van der Waals surface area contributed by atoms with Gasteiger partial charge in [0.25, 0.3) is 0 Å². The van der Waals surface area contributed by atoms with Gasteiger partial charge in [0.05, 0.1) is 24.8 Å². The van der Waals surface area contributed by atoms with E-state index in [-0.39, 0.29) is 11.7 Å². The van der Waals surface area contributed by atoms with Crippen LogP contribution < -0.4 is 10.1 Å². The Labute approximate surface area is 106 Å². The van der Waals surface area contributed by atoms with Crippen molar-refractivity contribution in [3.05, 3.63) is 23.8 Å². The van der Waals surface area contributed by atoms with E-state index in [0.29, 0.717) is 17.9 Å². The molecule has 0 radical (unpaired) electrons. The molecule has 0 spiro atoms. The van der Waals surface area contributed by atoms with Gasteiger partial charge < -0.3 is 15.2 Å². The molecule has 0 fully saturated rings. The second-order valence-electron chi connectivity index (χ2n) is 3.66. The number of ether oxygens (including phenoxy) is 1. The number of carbonyl (C=O) groups excluding carboxylic acids is 1. The van der Waals surface area contributed by atoms with E-state index in [2.05, 4.69) is 5.32 Å². The highest BCUT2D eigenvalue weighted by Crippen LogP contribution is 2.25. The highest BCUT2D eigenvalue weighted by atomic mass is 35.5. The number of anilines is 1. The number of carbonyl (C=O) groups is 1. The van der Waals surface area contributed by atoms with Gasteiger partial charge in [-0.25, -0.2) is 0 Å². The summed E-state index contributed by atoms with van der Waals surface area (Å²) >= 11 is 5.49. The number of aliphatic hydroxyl groups excluding tert-OH is 1. The molecule has 0 aliphatic rings. The Morgan fingerprint density at radius 3 is 2.82 bits per heavy atom. The normalized spacial score (nSPS) is 12.0. The van der Waals surface area contributed by atoms with E-state index in [1.165, 1.54) is 14.0 Å². The maximum absolute atomic E-state index is 11.2. The molecule has 2 N–H and O–H groups in total. The average molecular weight is 258 g/mol. The first kappa shape index (κ1) is 13.8. The van der Waals surface area contributed by atoms with E-state index in [4.69, 9.17) is 16.3 Å². The Bertz CT molecular complexity index is 395. The van der Waals surface area contributed by atoms with Crippen LogP contribution in [0.4, 0.5) is 5.69 Å². The van der Waals surface area contributed by atoms with Gasteiger partial charge in [-0.1, -0.05) is 0 Å². The highest BCUT2D eigenvalue weighted by molar-refractivity contribution is 6.18. The van der Waals surface area contributed by atoms with E-state index in [0.717, 1.165) is 5.69 Å². The van der Waals surface area contributed by atoms with Gasteiger partial charge in [-0.3, -0.25) is 4.79 Å². The van der Waals surface area contributed by atoms with Crippen molar-refractivity contribution in [3.8, 4) is 5.75 Å². The number of nitrogens with one attached hydrogen (secondary N) is 1. The number of aliphatic hydroxyl groups is 1. The molecule has 0 aliphatic heterocycles. The van der Waals surface area contributed by atoms with Crippen LogP contribution in [0.5, 0.6) is 5.75 Å². The molecule has 1 aromatic carbocycles. The summed E-state index contributed by atoms with van der Waals surface area (Å²) in [6.07, 6.45) is -0.617. The molecule has 0 saturated heterocycles. The molecular weight excluding hydrogens is 242 g/mol. The van der Waals surface area contributed by atoms with Gasteiger partial charge in [-0.2, -0.15) is 0 Å². The van der Waals surface area contributed by atoms with Gasteiger partial charge in [0.2, 0.25) is 0 Å². The largest absolute Gasteiger partial charge is 0.495 e. The van der Waals surface area contributed by atoms with Crippen molar-refractivity contribution >= 4 is 23.1 Å². The van der Waals surface area contributed by atoms with Crippen LogP contribution in [0.2, 0.25) is 0 Å². The van der Waals surface area contributed by atoms with Crippen molar-refractivity contribution in [2.75, 3.05) is 24.9 Å². The Balaban J connectivity index is 2.82. The molecule has 17 heavy (non-hydrogen) atoms. The number of Topliss-reactive ketones (excluding diaryl/α,β-unsaturated/α-hetero) is 1. The van der Waals surface area contributed by atoms with Crippen molar-refractivity contribution in [1.82, 2.24) is 0 Å². The zero-order valence-corrected chi connectivity index (χ0v) is 10.6. The van der Waals surface area contributed by atoms with E-state index in [1.807, 2.05) is 0 Å². The van der Waals surface area contributed by atoms with Gasteiger partial charge in [-0.05, 0) is 25.1 Å². The van der Waals surface area contributed by atoms with Crippen LogP contribution in [-0.4, -0.2) is 36.5 Å². The van der Waals surface area contributed by atoms with Gasteiger partial charge >= 0.3 is 0 Å². The third-order valence-corrected chi connectivity index (χ3v) is 2.67. The van der Waals surface area contributed by atoms with Gasteiger partial charge in [-0.15, -0.1) is 11.6 Å². The maximum Gasteiger partial charge on any atom is 0.159 e. The third kappa shape index (κ3) is 3.91. The fourth-order valence-corrected chi connectivity index (χ4v) is 1.45. The number of methoxy groups -OCH3 is 1. The molecule has 1 rings (SSSR count). The zero-order chi connectivity index (χ0) is 12.8. The van der Waals surface area contributed by atoms with E-state index in [1.54, 1.807) is 18.2 Å². The first-order valence-corrected chi connectivity index (χ1v) is 5.78. The Morgan fingerprint density at radius 2 is 2.29 bits per heavy atom. The molecule has 1 unspecified atom stereocenters. The lowest BCUT2D eigenvalue weighted by molar-refractivity contribution is 0.101. The van der Waals surface area contributed by atoms with Crippen molar-refractivity contribution in [1.29, 1.82) is 0 Å². The standard InChI is InChI=1S/C12H16ClNO3/c1-8(15)9-3-4-11(12(5-9)17-2)14-7-10(16)6-13/h3-5,10,14,16H,6-7H2,1-2H3. The average Bonchev–Trinajstić information content (AvgIpc) is 2.35. The SMILES string of the molecule is COc1cc(C(C)=O)ccc1NCC(O)CCl. The van der Waals surface area contributed by atoms with Crippen molar-refractivity contribution in [2.45, 2.75) is 13.0 Å². The van der Waals surface area contributed by atoms with Crippen LogP contribution in [0.15, 0.2) is 18.2 Å². The Hall–Kier alpha value is -1.26. The molecule has 4 nitrogen and oxygen atoms in total.